The Hall–Kier alpha value is -2.46. The second-order valence-electron chi connectivity index (χ2n) is 5.30. The average Bonchev–Trinajstić information content (AvgIpc) is 2.56. The van der Waals surface area contributed by atoms with E-state index in [1.54, 1.807) is 12.1 Å². The number of aliphatic imine (C=N–C) groups is 1. The molecular formula is C18H17NO3. The van der Waals surface area contributed by atoms with Crippen LogP contribution in [0.1, 0.15) is 34.5 Å². The molecule has 4 nitrogen and oxygen atoms in total. The number of aliphatic hydroxyl groups is 1. The van der Waals surface area contributed by atoms with Gasteiger partial charge in [-0.2, -0.15) is 0 Å². The van der Waals surface area contributed by atoms with Crippen molar-refractivity contribution >= 4 is 11.7 Å². The van der Waals surface area contributed by atoms with Gasteiger partial charge in [-0.15, -0.1) is 0 Å². The fraction of sp³-hybridized carbons (Fsp3) is 0.222. The van der Waals surface area contributed by atoms with Crippen LogP contribution < -0.4 is 0 Å². The standard InChI is InChI=1S/C18H17NO3/c1-12(20)13-7-9-15(10-8-13)18-19-11-16(21)17(22-18)14-5-3-2-4-6-14/h2-10,16-17,21H,11H2,1H3. The molecule has 1 aliphatic heterocycles. The van der Waals surface area contributed by atoms with Crippen molar-refractivity contribution in [3.63, 3.8) is 0 Å². The summed E-state index contributed by atoms with van der Waals surface area (Å²) in [6.45, 7) is 1.83. The number of carbonyl (C=O) groups is 1. The van der Waals surface area contributed by atoms with Crippen molar-refractivity contribution in [1.29, 1.82) is 0 Å². The molecule has 1 aliphatic rings. The van der Waals surface area contributed by atoms with E-state index in [0.717, 1.165) is 11.1 Å². The van der Waals surface area contributed by atoms with Gasteiger partial charge in [0.1, 0.15) is 6.10 Å². The molecule has 0 radical (unpaired) electrons. The number of hydrogen-bond donors (Lipinski definition) is 1. The van der Waals surface area contributed by atoms with Crippen LogP contribution in [0.4, 0.5) is 0 Å². The molecule has 0 bridgehead atoms. The summed E-state index contributed by atoms with van der Waals surface area (Å²) in [7, 11) is 0. The van der Waals surface area contributed by atoms with E-state index in [2.05, 4.69) is 4.99 Å². The maximum atomic E-state index is 11.3. The lowest BCUT2D eigenvalue weighted by Gasteiger charge is -2.28. The van der Waals surface area contributed by atoms with Crippen molar-refractivity contribution in [1.82, 2.24) is 0 Å². The Morgan fingerprint density at radius 1 is 1.14 bits per heavy atom. The van der Waals surface area contributed by atoms with Gasteiger partial charge in [-0.1, -0.05) is 42.5 Å². The van der Waals surface area contributed by atoms with Crippen LogP contribution in [0, 0.1) is 0 Å². The molecule has 0 fully saturated rings. The van der Waals surface area contributed by atoms with E-state index >= 15 is 0 Å². The zero-order chi connectivity index (χ0) is 15.5. The number of hydrogen-bond acceptors (Lipinski definition) is 4. The number of Topliss-reactive ketones (excluding diaryl/α,β-unsaturated/α-hetero) is 1. The normalized spacial score (nSPS) is 20.9. The Morgan fingerprint density at radius 2 is 1.82 bits per heavy atom. The molecule has 112 valence electrons. The first-order chi connectivity index (χ1) is 10.6. The third kappa shape index (κ3) is 2.92. The third-order valence-electron chi connectivity index (χ3n) is 3.68. The van der Waals surface area contributed by atoms with Crippen LogP contribution in [0.3, 0.4) is 0 Å². The third-order valence-corrected chi connectivity index (χ3v) is 3.68. The maximum absolute atomic E-state index is 11.3. The van der Waals surface area contributed by atoms with Gasteiger partial charge in [0, 0.05) is 11.1 Å². The summed E-state index contributed by atoms with van der Waals surface area (Å²) in [4.78, 5) is 15.6. The maximum Gasteiger partial charge on any atom is 0.216 e. The summed E-state index contributed by atoms with van der Waals surface area (Å²) in [5, 5.41) is 10.1. The molecule has 0 aromatic heterocycles. The predicted molar refractivity (Wildman–Crippen MR) is 84.1 cm³/mol. The molecule has 4 heteroatoms. The molecule has 0 spiro atoms. The molecule has 0 saturated carbocycles. The smallest absolute Gasteiger partial charge is 0.216 e. The van der Waals surface area contributed by atoms with Gasteiger partial charge in [0.05, 0.1) is 6.54 Å². The van der Waals surface area contributed by atoms with Crippen LogP contribution >= 0.6 is 0 Å². The SMILES string of the molecule is CC(=O)c1ccc(C2=NCC(O)C(c3ccccc3)O2)cc1. The highest BCUT2D eigenvalue weighted by Crippen LogP contribution is 2.27. The lowest BCUT2D eigenvalue weighted by Crippen LogP contribution is -2.31. The van der Waals surface area contributed by atoms with E-state index in [1.165, 1.54) is 6.92 Å². The van der Waals surface area contributed by atoms with Gasteiger partial charge in [0.25, 0.3) is 0 Å². The van der Waals surface area contributed by atoms with E-state index in [4.69, 9.17) is 4.74 Å². The van der Waals surface area contributed by atoms with Gasteiger partial charge >= 0.3 is 0 Å². The highest BCUT2D eigenvalue weighted by Gasteiger charge is 2.28. The van der Waals surface area contributed by atoms with Gasteiger partial charge < -0.3 is 9.84 Å². The van der Waals surface area contributed by atoms with E-state index in [0.29, 0.717) is 18.0 Å². The van der Waals surface area contributed by atoms with Gasteiger partial charge in [-0.25, -0.2) is 4.99 Å². The number of carbonyl (C=O) groups excluding carboxylic acids is 1. The molecule has 1 N–H and O–H groups in total. The Labute approximate surface area is 129 Å². The molecule has 2 unspecified atom stereocenters. The summed E-state index contributed by atoms with van der Waals surface area (Å²) in [6, 6.07) is 16.7. The highest BCUT2D eigenvalue weighted by atomic mass is 16.5. The molecule has 0 aliphatic carbocycles. The molecule has 2 atom stereocenters. The molecule has 22 heavy (non-hydrogen) atoms. The van der Waals surface area contributed by atoms with Gasteiger partial charge in [-0.05, 0) is 24.6 Å². The fourth-order valence-corrected chi connectivity index (χ4v) is 2.45. The summed E-state index contributed by atoms with van der Waals surface area (Å²) >= 11 is 0. The molecule has 0 amide bonds. The van der Waals surface area contributed by atoms with Gasteiger partial charge in [0.15, 0.2) is 11.9 Å². The van der Waals surface area contributed by atoms with Crippen LogP contribution in [-0.2, 0) is 4.74 Å². The second-order valence-corrected chi connectivity index (χ2v) is 5.30. The molecule has 2 aromatic rings. The topological polar surface area (TPSA) is 58.9 Å². The summed E-state index contributed by atoms with van der Waals surface area (Å²) in [5.74, 6) is 0.518. The zero-order valence-corrected chi connectivity index (χ0v) is 12.3. The lowest BCUT2D eigenvalue weighted by molar-refractivity contribution is 0.0217. The van der Waals surface area contributed by atoms with Gasteiger partial charge in [0.2, 0.25) is 5.90 Å². The Balaban J connectivity index is 1.84. The Morgan fingerprint density at radius 3 is 2.45 bits per heavy atom. The van der Waals surface area contributed by atoms with Crippen molar-refractivity contribution in [2.45, 2.75) is 19.1 Å². The summed E-state index contributed by atoms with van der Waals surface area (Å²) in [6.07, 6.45) is -1.09. The van der Waals surface area contributed by atoms with Crippen molar-refractivity contribution in [3.05, 3.63) is 71.3 Å². The van der Waals surface area contributed by atoms with Crippen LogP contribution in [0.5, 0.6) is 0 Å². The minimum Gasteiger partial charge on any atom is -0.466 e. The minimum absolute atomic E-state index is 0.0237. The number of rotatable bonds is 3. The lowest BCUT2D eigenvalue weighted by atomic mass is 10.0. The molecule has 0 saturated heterocycles. The van der Waals surface area contributed by atoms with Crippen LogP contribution in [0.25, 0.3) is 0 Å². The van der Waals surface area contributed by atoms with Crippen LogP contribution in [-0.4, -0.2) is 29.4 Å². The number of benzene rings is 2. The predicted octanol–water partition coefficient (Wildman–Crippen LogP) is 2.77. The molecule has 1 heterocycles. The van der Waals surface area contributed by atoms with Crippen molar-refractivity contribution in [2.24, 2.45) is 4.99 Å². The fourth-order valence-electron chi connectivity index (χ4n) is 2.45. The number of aliphatic hydroxyl groups excluding tert-OH is 1. The van der Waals surface area contributed by atoms with Crippen molar-refractivity contribution < 1.29 is 14.6 Å². The number of nitrogens with zero attached hydrogens (tertiary/aromatic N) is 1. The number of ketones is 1. The zero-order valence-electron chi connectivity index (χ0n) is 12.3. The second kappa shape index (κ2) is 6.12. The Bertz CT molecular complexity index is 692. The minimum atomic E-state index is -0.664. The molecule has 3 rings (SSSR count). The van der Waals surface area contributed by atoms with Crippen molar-refractivity contribution in [3.8, 4) is 0 Å². The first kappa shape index (κ1) is 14.5. The summed E-state index contributed by atoms with van der Waals surface area (Å²) in [5.41, 5.74) is 2.38. The monoisotopic (exact) mass is 295 g/mol. The first-order valence-corrected chi connectivity index (χ1v) is 7.20. The highest BCUT2D eigenvalue weighted by molar-refractivity contribution is 5.98. The van der Waals surface area contributed by atoms with E-state index in [-0.39, 0.29) is 5.78 Å². The Kier molecular flexibility index (Phi) is 4.02. The first-order valence-electron chi connectivity index (χ1n) is 7.20. The van der Waals surface area contributed by atoms with E-state index < -0.39 is 12.2 Å². The average molecular weight is 295 g/mol. The van der Waals surface area contributed by atoms with E-state index in [9.17, 15) is 9.90 Å². The van der Waals surface area contributed by atoms with Crippen molar-refractivity contribution in [2.75, 3.05) is 6.54 Å². The number of ether oxygens (including phenoxy) is 1. The summed E-state index contributed by atoms with van der Waals surface area (Å²) < 4.78 is 5.89. The molecular weight excluding hydrogens is 278 g/mol. The van der Waals surface area contributed by atoms with Crippen LogP contribution in [0.2, 0.25) is 0 Å². The largest absolute Gasteiger partial charge is 0.466 e. The van der Waals surface area contributed by atoms with E-state index in [1.807, 2.05) is 42.5 Å². The quantitative estimate of drug-likeness (QED) is 0.886. The van der Waals surface area contributed by atoms with Crippen LogP contribution in [0.15, 0.2) is 59.6 Å². The van der Waals surface area contributed by atoms with Gasteiger partial charge in [-0.3, -0.25) is 4.79 Å². The molecule has 2 aromatic carbocycles.